The number of carbonyl (C=O) groups excluding carboxylic acids is 1. The number of ether oxygens (including phenoxy) is 2. The summed E-state index contributed by atoms with van der Waals surface area (Å²) >= 11 is 0. The van der Waals surface area contributed by atoms with Crippen LogP contribution < -0.4 is 4.74 Å². The molecule has 0 atom stereocenters. The van der Waals surface area contributed by atoms with Crippen molar-refractivity contribution in [2.24, 2.45) is 0 Å². The van der Waals surface area contributed by atoms with Crippen LogP contribution in [0.1, 0.15) is 26.3 Å². The van der Waals surface area contributed by atoms with Gasteiger partial charge in [-0.25, -0.2) is 9.18 Å². The Bertz CT molecular complexity index is 478. The Balaban J connectivity index is 3.06. The van der Waals surface area contributed by atoms with E-state index in [0.29, 0.717) is 12.2 Å². The molecule has 0 heterocycles. The van der Waals surface area contributed by atoms with Gasteiger partial charge in [-0.15, -0.1) is 0 Å². The van der Waals surface area contributed by atoms with Crippen molar-refractivity contribution in [1.29, 1.82) is 0 Å². The lowest BCUT2D eigenvalue weighted by molar-refractivity contribution is -0.137. The first-order valence-electron chi connectivity index (χ1n) is 6.11. The van der Waals surface area contributed by atoms with E-state index in [-0.39, 0.29) is 5.75 Å². The van der Waals surface area contributed by atoms with Crippen LogP contribution in [0.15, 0.2) is 30.4 Å². The Hall–Kier alpha value is -1.84. The highest BCUT2D eigenvalue weighted by molar-refractivity contribution is 5.82. The fourth-order valence-electron chi connectivity index (χ4n) is 1.78. The van der Waals surface area contributed by atoms with Gasteiger partial charge in [0, 0.05) is 17.1 Å². The lowest BCUT2D eigenvalue weighted by atomic mass is 9.83. The van der Waals surface area contributed by atoms with Crippen molar-refractivity contribution in [3.63, 3.8) is 0 Å². The molecule has 0 aliphatic heterocycles. The van der Waals surface area contributed by atoms with E-state index in [1.807, 2.05) is 13.8 Å². The van der Waals surface area contributed by atoms with Crippen molar-refractivity contribution >= 4 is 5.97 Å². The van der Waals surface area contributed by atoms with Gasteiger partial charge in [0.25, 0.3) is 0 Å². The van der Waals surface area contributed by atoms with Crippen molar-refractivity contribution in [3.05, 3.63) is 41.7 Å². The number of para-hydroxylation sites is 1. The molecule has 0 radical (unpaired) electrons. The third-order valence-corrected chi connectivity index (χ3v) is 2.79. The minimum atomic E-state index is -0.541. The molecule has 4 heteroatoms. The Morgan fingerprint density at radius 1 is 1.42 bits per heavy atom. The molecule has 0 unspecified atom stereocenters. The van der Waals surface area contributed by atoms with Crippen LogP contribution in [0.3, 0.4) is 0 Å². The predicted octanol–water partition coefficient (Wildman–Crippen LogP) is 3.23. The maximum absolute atomic E-state index is 13.7. The predicted molar refractivity (Wildman–Crippen MR) is 71.8 cm³/mol. The van der Waals surface area contributed by atoms with E-state index in [4.69, 9.17) is 9.47 Å². The topological polar surface area (TPSA) is 35.5 Å². The van der Waals surface area contributed by atoms with Gasteiger partial charge in [-0.2, -0.15) is 0 Å². The number of esters is 1. The molecular formula is C15H19FO3. The molecule has 104 valence electrons. The fourth-order valence-corrected chi connectivity index (χ4v) is 1.78. The number of allylic oxidation sites excluding steroid dienone is 1. The quantitative estimate of drug-likeness (QED) is 0.606. The van der Waals surface area contributed by atoms with Gasteiger partial charge < -0.3 is 9.47 Å². The highest BCUT2D eigenvalue weighted by Gasteiger charge is 2.23. The van der Waals surface area contributed by atoms with Gasteiger partial charge in [0.05, 0.1) is 13.7 Å². The molecule has 3 nitrogen and oxygen atoms in total. The Morgan fingerprint density at radius 2 is 2.11 bits per heavy atom. The van der Waals surface area contributed by atoms with Crippen LogP contribution in [0.25, 0.3) is 0 Å². The number of hydrogen-bond donors (Lipinski definition) is 0. The second kappa shape index (κ2) is 6.36. The van der Waals surface area contributed by atoms with Crippen LogP contribution in [0, 0.1) is 5.82 Å². The van der Waals surface area contributed by atoms with E-state index < -0.39 is 17.2 Å². The van der Waals surface area contributed by atoms with Gasteiger partial charge in [-0.1, -0.05) is 32.1 Å². The van der Waals surface area contributed by atoms with E-state index in [1.165, 1.54) is 19.3 Å². The van der Waals surface area contributed by atoms with Gasteiger partial charge >= 0.3 is 5.97 Å². The second-order valence-corrected chi connectivity index (χ2v) is 4.63. The Labute approximate surface area is 113 Å². The molecule has 1 aromatic rings. The molecule has 0 saturated carbocycles. The average Bonchev–Trinajstić information content (AvgIpc) is 2.36. The van der Waals surface area contributed by atoms with Gasteiger partial charge in [0.1, 0.15) is 0 Å². The number of rotatable bonds is 5. The molecule has 0 aliphatic carbocycles. The minimum Gasteiger partial charge on any atom is -0.493 e. The van der Waals surface area contributed by atoms with Gasteiger partial charge in [-0.05, 0) is 13.0 Å². The second-order valence-electron chi connectivity index (χ2n) is 4.63. The number of hydrogen-bond acceptors (Lipinski definition) is 3. The van der Waals surface area contributed by atoms with Crippen molar-refractivity contribution in [3.8, 4) is 5.75 Å². The van der Waals surface area contributed by atoms with Crippen LogP contribution in [0.2, 0.25) is 0 Å². The maximum atomic E-state index is 13.7. The molecule has 0 spiro atoms. The third-order valence-electron chi connectivity index (χ3n) is 2.79. The normalized spacial score (nSPS) is 11.6. The summed E-state index contributed by atoms with van der Waals surface area (Å²) in [6.07, 6.45) is 3.04. The molecule has 0 aromatic heterocycles. The smallest absolute Gasteiger partial charge is 0.330 e. The van der Waals surface area contributed by atoms with Crippen molar-refractivity contribution in [2.45, 2.75) is 26.2 Å². The van der Waals surface area contributed by atoms with E-state index in [0.717, 1.165) is 0 Å². The molecule has 1 aromatic carbocycles. The van der Waals surface area contributed by atoms with Gasteiger partial charge in [0.15, 0.2) is 11.6 Å². The summed E-state index contributed by atoms with van der Waals surface area (Å²) in [7, 11) is 1.42. The number of methoxy groups -OCH3 is 1. The molecule has 0 saturated heterocycles. The monoisotopic (exact) mass is 266 g/mol. The van der Waals surface area contributed by atoms with Crippen molar-refractivity contribution in [2.75, 3.05) is 13.7 Å². The van der Waals surface area contributed by atoms with Gasteiger partial charge in [0.2, 0.25) is 0 Å². The van der Waals surface area contributed by atoms with Crippen molar-refractivity contribution in [1.82, 2.24) is 0 Å². The van der Waals surface area contributed by atoms with E-state index in [2.05, 4.69) is 0 Å². The van der Waals surface area contributed by atoms with Crippen LogP contribution >= 0.6 is 0 Å². The zero-order valence-electron chi connectivity index (χ0n) is 11.7. The number of benzene rings is 1. The first-order valence-corrected chi connectivity index (χ1v) is 6.11. The van der Waals surface area contributed by atoms with Crippen LogP contribution in [0.5, 0.6) is 5.75 Å². The largest absolute Gasteiger partial charge is 0.493 e. The summed E-state index contributed by atoms with van der Waals surface area (Å²) in [5.41, 5.74) is 0.135. The van der Waals surface area contributed by atoms with E-state index in [9.17, 15) is 9.18 Å². The molecule has 19 heavy (non-hydrogen) atoms. The highest BCUT2D eigenvalue weighted by Crippen LogP contribution is 2.34. The molecule has 1 rings (SSSR count). The molecule has 0 aliphatic rings. The first-order chi connectivity index (χ1) is 8.92. The third kappa shape index (κ3) is 3.81. The maximum Gasteiger partial charge on any atom is 0.330 e. The lowest BCUT2D eigenvalue weighted by Crippen LogP contribution is -2.16. The van der Waals surface area contributed by atoms with Crippen LogP contribution in [0.4, 0.5) is 4.39 Å². The zero-order valence-corrected chi connectivity index (χ0v) is 11.7. The van der Waals surface area contributed by atoms with Crippen LogP contribution in [-0.4, -0.2) is 19.7 Å². The average molecular weight is 266 g/mol. The van der Waals surface area contributed by atoms with Gasteiger partial charge in [-0.3, -0.25) is 0 Å². The number of halogens is 1. The van der Waals surface area contributed by atoms with Crippen molar-refractivity contribution < 1.29 is 18.7 Å². The molecule has 0 amide bonds. The van der Waals surface area contributed by atoms with Crippen LogP contribution in [-0.2, 0) is 14.9 Å². The first kappa shape index (κ1) is 15.2. The van der Waals surface area contributed by atoms with E-state index in [1.54, 1.807) is 25.1 Å². The summed E-state index contributed by atoms with van der Waals surface area (Å²) < 4.78 is 23.6. The summed E-state index contributed by atoms with van der Waals surface area (Å²) in [6, 6.07) is 4.73. The Kier molecular flexibility index (Phi) is 5.10. The summed E-state index contributed by atoms with van der Waals surface area (Å²) in [5, 5.41) is 0. The lowest BCUT2D eigenvalue weighted by Gasteiger charge is -2.23. The Morgan fingerprint density at radius 3 is 2.68 bits per heavy atom. The highest BCUT2D eigenvalue weighted by atomic mass is 19.1. The molecule has 0 N–H and O–H groups in total. The molecule has 0 bridgehead atoms. The summed E-state index contributed by atoms with van der Waals surface area (Å²) in [5.74, 6) is -0.635. The molecule has 0 fully saturated rings. The fraction of sp³-hybridized carbons (Fsp3) is 0.400. The number of carbonyl (C=O) groups is 1. The SMILES string of the molecule is CCOC(=O)/C=C/C(C)(C)c1cccc(F)c1OC. The van der Waals surface area contributed by atoms with E-state index >= 15 is 0 Å². The zero-order chi connectivity index (χ0) is 14.5. The molecular weight excluding hydrogens is 247 g/mol. The standard InChI is InChI=1S/C15H19FO3/c1-5-19-13(17)9-10-15(2,3)11-7-6-8-12(16)14(11)18-4/h6-10H,5H2,1-4H3/b10-9+. The summed E-state index contributed by atoms with van der Waals surface area (Å²) in [4.78, 5) is 11.3. The summed E-state index contributed by atoms with van der Waals surface area (Å²) in [6.45, 7) is 5.82. The minimum absolute atomic E-state index is 0.195.